The van der Waals surface area contributed by atoms with Crippen LogP contribution < -0.4 is 0 Å². The van der Waals surface area contributed by atoms with Gasteiger partial charge in [0.1, 0.15) is 6.61 Å². The van der Waals surface area contributed by atoms with E-state index in [-0.39, 0.29) is 37.0 Å². The number of amides is 1. The summed E-state index contributed by atoms with van der Waals surface area (Å²) in [4.78, 5) is 38.0. The third kappa shape index (κ3) is 5.43. The second kappa shape index (κ2) is 9.89. The van der Waals surface area contributed by atoms with Crippen LogP contribution in [0.4, 0.5) is 0 Å². The van der Waals surface area contributed by atoms with Gasteiger partial charge in [-0.1, -0.05) is 23.4 Å². The highest BCUT2D eigenvalue weighted by Crippen LogP contribution is 2.28. The Bertz CT molecular complexity index is 738. The van der Waals surface area contributed by atoms with Crippen molar-refractivity contribution in [2.45, 2.75) is 11.8 Å². The first-order valence-corrected chi connectivity index (χ1v) is 10.4. The fourth-order valence-corrected chi connectivity index (χ4v) is 3.74. The van der Waals surface area contributed by atoms with Crippen LogP contribution >= 0.6 is 35.1 Å². The van der Waals surface area contributed by atoms with E-state index < -0.39 is 11.9 Å². The summed E-state index contributed by atoms with van der Waals surface area (Å²) in [6.07, 6.45) is 3.17. The predicted octanol–water partition coefficient (Wildman–Crippen LogP) is 3.20. The van der Waals surface area contributed by atoms with Crippen molar-refractivity contribution in [3.63, 3.8) is 0 Å². The van der Waals surface area contributed by atoms with Gasteiger partial charge in [0.05, 0.1) is 40.6 Å². The molecule has 1 fully saturated rings. The molecular weight excluding hydrogens is 398 g/mol. The van der Waals surface area contributed by atoms with Gasteiger partial charge in [0.2, 0.25) is 5.91 Å². The smallest absolute Gasteiger partial charge is 0.339 e. The standard InChI is InChI=1S/C17H18ClNO5S2/c1-3-23-16(21)9-15-19(14(20)10-26-15)6-7-24-17(22)12-8-11(25-2)4-5-13(12)18/h4-5,8-9H,3,6-7,10H2,1-2H3/b15-9+. The normalized spacial score (nSPS) is 15.4. The molecule has 0 saturated carbocycles. The summed E-state index contributed by atoms with van der Waals surface area (Å²) in [7, 11) is 0. The molecule has 0 atom stereocenters. The lowest BCUT2D eigenvalue weighted by atomic mass is 10.2. The number of esters is 2. The van der Waals surface area contributed by atoms with Crippen LogP contribution in [0.2, 0.25) is 5.02 Å². The zero-order valence-electron chi connectivity index (χ0n) is 14.3. The van der Waals surface area contributed by atoms with E-state index in [1.165, 1.54) is 34.5 Å². The second-order valence-corrected chi connectivity index (χ2v) is 7.33. The summed E-state index contributed by atoms with van der Waals surface area (Å²) in [6.45, 7) is 2.11. The van der Waals surface area contributed by atoms with Crippen LogP contribution in [-0.2, 0) is 19.1 Å². The Hall–Kier alpha value is -1.64. The molecule has 0 bridgehead atoms. The number of rotatable bonds is 7. The maximum absolute atomic E-state index is 12.2. The Morgan fingerprint density at radius 2 is 2.15 bits per heavy atom. The second-order valence-electron chi connectivity index (χ2n) is 5.05. The molecule has 1 aromatic carbocycles. The van der Waals surface area contributed by atoms with Crippen LogP contribution in [0.5, 0.6) is 0 Å². The molecule has 0 N–H and O–H groups in total. The molecule has 6 nitrogen and oxygen atoms in total. The van der Waals surface area contributed by atoms with Crippen LogP contribution in [0.15, 0.2) is 34.2 Å². The summed E-state index contributed by atoms with van der Waals surface area (Å²) < 4.78 is 10.1. The molecular formula is C17H18ClNO5S2. The van der Waals surface area contributed by atoms with Gasteiger partial charge in [0.25, 0.3) is 0 Å². The molecule has 1 saturated heterocycles. The summed E-state index contributed by atoms with van der Waals surface area (Å²) in [5, 5.41) is 0.801. The zero-order chi connectivity index (χ0) is 19.1. The fourth-order valence-electron chi connectivity index (χ4n) is 2.15. The molecule has 1 amide bonds. The number of nitrogens with zero attached hydrogens (tertiary/aromatic N) is 1. The van der Waals surface area contributed by atoms with E-state index in [1.807, 2.05) is 12.3 Å². The fraction of sp³-hybridized carbons (Fsp3) is 0.353. The monoisotopic (exact) mass is 415 g/mol. The van der Waals surface area contributed by atoms with Gasteiger partial charge in [-0.3, -0.25) is 4.79 Å². The molecule has 0 spiro atoms. The van der Waals surface area contributed by atoms with Crippen LogP contribution in [0, 0.1) is 0 Å². The number of benzene rings is 1. The summed E-state index contributed by atoms with van der Waals surface area (Å²) in [5.41, 5.74) is 0.280. The minimum Gasteiger partial charge on any atom is -0.463 e. The number of thioether (sulfide) groups is 2. The molecule has 1 aliphatic rings. The first-order chi connectivity index (χ1) is 12.5. The molecule has 0 aliphatic carbocycles. The van der Waals surface area contributed by atoms with Crippen molar-refractivity contribution < 1.29 is 23.9 Å². The van der Waals surface area contributed by atoms with Gasteiger partial charge in [-0.05, 0) is 31.4 Å². The molecule has 1 aliphatic heterocycles. The lowest BCUT2D eigenvalue weighted by Crippen LogP contribution is -2.29. The highest BCUT2D eigenvalue weighted by molar-refractivity contribution is 8.04. The lowest BCUT2D eigenvalue weighted by Gasteiger charge is -2.17. The van der Waals surface area contributed by atoms with Crippen LogP contribution in [-0.4, -0.2) is 54.5 Å². The van der Waals surface area contributed by atoms with E-state index in [1.54, 1.807) is 19.1 Å². The van der Waals surface area contributed by atoms with Gasteiger partial charge >= 0.3 is 11.9 Å². The number of carbonyl (C=O) groups is 3. The molecule has 0 radical (unpaired) electrons. The van der Waals surface area contributed by atoms with Crippen molar-refractivity contribution in [2.24, 2.45) is 0 Å². The van der Waals surface area contributed by atoms with Crippen molar-refractivity contribution in [2.75, 3.05) is 31.8 Å². The van der Waals surface area contributed by atoms with E-state index in [9.17, 15) is 14.4 Å². The number of ether oxygens (including phenoxy) is 2. The van der Waals surface area contributed by atoms with Crippen molar-refractivity contribution in [1.29, 1.82) is 0 Å². The summed E-state index contributed by atoms with van der Waals surface area (Å²) in [6, 6.07) is 5.12. The van der Waals surface area contributed by atoms with Crippen molar-refractivity contribution in [3.8, 4) is 0 Å². The van der Waals surface area contributed by atoms with Gasteiger partial charge in [-0.25, -0.2) is 9.59 Å². The third-order valence-corrected chi connectivity index (χ3v) is 5.46. The Morgan fingerprint density at radius 1 is 1.38 bits per heavy atom. The minimum atomic E-state index is -0.555. The van der Waals surface area contributed by atoms with Crippen molar-refractivity contribution >= 4 is 53.0 Å². The SMILES string of the molecule is CCOC(=O)/C=C1/SCC(=O)N1CCOC(=O)c1cc(SC)ccc1Cl. The quantitative estimate of drug-likeness (QED) is 0.384. The maximum atomic E-state index is 12.2. The van der Waals surface area contributed by atoms with Gasteiger partial charge in [-0.2, -0.15) is 0 Å². The van der Waals surface area contributed by atoms with Gasteiger partial charge in [0, 0.05) is 4.90 Å². The molecule has 140 valence electrons. The predicted molar refractivity (Wildman–Crippen MR) is 102 cm³/mol. The summed E-state index contributed by atoms with van der Waals surface area (Å²) >= 11 is 8.79. The van der Waals surface area contributed by atoms with Crippen LogP contribution in [0.25, 0.3) is 0 Å². The highest BCUT2D eigenvalue weighted by atomic mass is 35.5. The van der Waals surface area contributed by atoms with Crippen LogP contribution in [0.1, 0.15) is 17.3 Å². The number of halogens is 1. The van der Waals surface area contributed by atoms with E-state index >= 15 is 0 Å². The van der Waals surface area contributed by atoms with E-state index in [2.05, 4.69) is 0 Å². The van der Waals surface area contributed by atoms with Gasteiger partial charge < -0.3 is 14.4 Å². The Kier molecular flexibility index (Phi) is 7.86. The van der Waals surface area contributed by atoms with E-state index in [4.69, 9.17) is 21.1 Å². The third-order valence-electron chi connectivity index (χ3n) is 3.38. The van der Waals surface area contributed by atoms with Crippen molar-refractivity contribution in [3.05, 3.63) is 39.9 Å². The Morgan fingerprint density at radius 3 is 2.85 bits per heavy atom. The molecule has 2 rings (SSSR count). The number of hydrogen-bond acceptors (Lipinski definition) is 7. The average Bonchev–Trinajstić information content (AvgIpc) is 2.95. The lowest BCUT2D eigenvalue weighted by molar-refractivity contribution is -0.137. The summed E-state index contributed by atoms with van der Waals surface area (Å²) in [5.74, 6) is -0.974. The maximum Gasteiger partial charge on any atom is 0.339 e. The Balaban J connectivity index is 1.96. The molecule has 1 aromatic rings. The minimum absolute atomic E-state index is 0.00881. The molecule has 26 heavy (non-hydrogen) atoms. The first-order valence-electron chi connectivity index (χ1n) is 7.78. The topological polar surface area (TPSA) is 72.9 Å². The van der Waals surface area contributed by atoms with Gasteiger partial charge in [-0.15, -0.1) is 11.8 Å². The largest absolute Gasteiger partial charge is 0.463 e. The highest BCUT2D eigenvalue weighted by Gasteiger charge is 2.27. The Labute approximate surface area is 165 Å². The van der Waals surface area contributed by atoms with Gasteiger partial charge in [0.15, 0.2) is 0 Å². The van der Waals surface area contributed by atoms with Crippen LogP contribution in [0.3, 0.4) is 0 Å². The molecule has 0 unspecified atom stereocenters. The van der Waals surface area contributed by atoms with E-state index in [0.717, 1.165) is 4.90 Å². The molecule has 1 heterocycles. The first kappa shape index (κ1) is 20.7. The molecule has 0 aromatic heterocycles. The van der Waals surface area contributed by atoms with Crippen molar-refractivity contribution in [1.82, 2.24) is 4.90 Å². The number of hydrogen-bond donors (Lipinski definition) is 0. The average molecular weight is 416 g/mol. The zero-order valence-corrected chi connectivity index (χ0v) is 16.7. The van der Waals surface area contributed by atoms with E-state index in [0.29, 0.717) is 10.1 Å². The number of carbonyl (C=O) groups excluding carboxylic acids is 3. The molecule has 9 heteroatoms.